The molecule has 2 fully saturated rings. The van der Waals surface area contributed by atoms with Crippen molar-refractivity contribution in [1.29, 1.82) is 0 Å². The summed E-state index contributed by atoms with van der Waals surface area (Å²) in [5.74, 6) is 1.59. The molecular formula is C9H16N2O. The molecule has 2 unspecified atom stereocenters. The van der Waals surface area contributed by atoms with Crippen LogP contribution in [0, 0.1) is 11.8 Å². The van der Waals surface area contributed by atoms with Crippen LogP contribution in [0.1, 0.15) is 19.3 Å². The first-order valence-corrected chi connectivity index (χ1v) is 4.76. The van der Waals surface area contributed by atoms with Gasteiger partial charge in [0.15, 0.2) is 0 Å². The Kier molecular flexibility index (Phi) is 1.95. The number of nitrogens with one attached hydrogen (secondary N) is 1. The van der Waals surface area contributed by atoms with E-state index in [9.17, 15) is 4.79 Å². The highest BCUT2D eigenvalue weighted by Gasteiger charge is 2.34. The van der Waals surface area contributed by atoms with Crippen molar-refractivity contribution in [3.05, 3.63) is 0 Å². The SMILES string of the molecule is CNC(=O)N1CC2CCC(C2)C1. The van der Waals surface area contributed by atoms with E-state index in [1.54, 1.807) is 7.05 Å². The Hall–Kier alpha value is -0.730. The number of fused-ring (bicyclic) bond motifs is 2. The summed E-state index contributed by atoms with van der Waals surface area (Å²) in [6.45, 7) is 1.96. The van der Waals surface area contributed by atoms with Crippen molar-refractivity contribution in [3.63, 3.8) is 0 Å². The molecule has 2 bridgehead atoms. The second kappa shape index (κ2) is 2.96. The van der Waals surface area contributed by atoms with Crippen LogP contribution in [0.4, 0.5) is 4.79 Å². The lowest BCUT2D eigenvalue weighted by Gasteiger charge is -2.31. The number of rotatable bonds is 0. The maximum absolute atomic E-state index is 11.3. The molecule has 0 aromatic heterocycles. The maximum atomic E-state index is 11.3. The summed E-state index contributed by atoms with van der Waals surface area (Å²) in [5, 5.41) is 2.69. The fourth-order valence-corrected chi connectivity index (χ4v) is 2.53. The van der Waals surface area contributed by atoms with Crippen molar-refractivity contribution in [1.82, 2.24) is 10.2 Å². The van der Waals surface area contributed by atoms with Gasteiger partial charge >= 0.3 is 6.03 Å². The van der Waals surface area contributed by atoms with Gasteiger partial charge in [-0.15, -0.1) is 0 Å². The summed E-state index contributed by atoms with van der Waals surface area (Å²) in [5.41, 5.74) is 0. The van der Waals surface area contributed by atoms with E-state index in [2.05, 4.69) is 5.32 Å². The molecule has 1 N–H and O–H groups in total. The molecule has 1 aliphatic heterocycles. The van der Waals surface area contributed by atoms with E-state index in [4.69, 9.17) is 0 Å². The number of hydrogen-bond acceptors (Lipinski definition) is 1. The molecule has 0 radical (unpaired) electrons. The minimum Gasteiger partial charge on any atom is -0.341 e. The van der Waals surface area contributed by atoms with Crippen LogP contribution >= 0.6 is 0 Å². The van der Waals surface area contributed by atoms with Crippen molar-refractivity contribution < 1.29 is 4.79 Å². The minimum atomic E-state index is 0.103. The number of hydrogen-bond donors (Lipinski definition) is 1. The number of amides is 2. The van der Waals surface area contributed by atoms with Gasteiger partial charge < -0.3 is 10.2 Å². The van der Waals surface area contributed by atoms with Gasteiger partial charge in [0.05, 0.1) is 0 Å². The summed E-state index contributed by atoms with van der Waals surface area (Å²) in [6.07, 6.45) is 4.02. The van der Waals surface area contributed by atoms with Crippen LogP contribution in [0.3, 0.4) is 0 Å². The lowest BCUT2D eigenvalue weighted by Crippen LogP contribution is -2.45. The third-order valence-corrected chi connectivity index (χ3v) is 3.11. The highest BCUT2D eigenvalue weighted by molar-refractivity contribution is 5.73. The van der Waals surface area contributed by atoms with Gasteiger partial charge in [0.2, 0.25) is 0 Å². The molecule has 1 saturated heterocycles. The van der Waals surface area contributed by atoms with Crippen molar-refractivity contribution in [2.75, 3.05) is 20.1 Å². The average Bonchev–Trinajstić information content (AvgIpc) is 2.44. The first-order chi connectivity index (χ1) is 5.79. The molecule has 68 valence electrons. The summed E-state index contributed by atoms with van der Waals surface area (Å²) in [6, 6.07) is 0.103. The van der Waals surface area contributed by atoms with Gasteiger partial charge in [-0.05, 0) is 31.1 Å². The molecule has 2 aliphatic rings. The Morgan fingerprint density at radius 1 is 1.33 bits per heavy atom. The van der Waals surface area contributed by atoms with E-state index in [1.165, 1.54) is 19.3 Å². The molecule has 2 amide bonds. The van der Waals surface area contributed by atoms with Crippen molar-refractivity contribution in [2.45, 2.75) is 19.3 Å². The average molecular weight is 168 g/mol. The molecule has 1 heterocycles. The molecule has 1 aliphatic carbocycles. The monoisotopic (exact) mass is 168 g/mol. The van der Waals surface area contributed by atoms with Crippen LogP contribution in [-0.4, -0.2) is 31.1 Å². The lowest BCUT2D eigenvalue weighted by atomic mass is 9.99. The molecule has 1 saturated carbocycles. The van der Waals surface area contributed by atoms with Crippen LogP contribution in [-0.2, 0) is 0 Å². The van der Waals surface area contributed by atoms with Gasteiger partial charge in [-0.1, -0.05) is 0 Å². The number of carbonyl (C=O) groups excluding carboxylic acids is 1. The number of nitrogens with zero attached hydrogens (tertiary/aromatic N) is 1. The van der Waals surface area contributed by atoms with Crippen LogP contribution in [0.15, 0.2) is 0 Å². The normalized spacial score (nSPS) is 33.6. The molecular weight excluding hydrogens is 152 g/mol. The van der Waals surface area contributed by atoms with Crippen LogP contribution in [0.25, 0.3) is 0 Å². The zero-order valence-corrected chi connectivity index (χ0v) is 7.55. The molecule has 3 nitrogen and oxygen atoms in total. The lowest BCUT2D eigenvalue weighted by molar-refractivity contribution is 0.164. The molecule has 3 heteroatoms. The first kappa shape index (κ1) is 7.90. The van der Waals surface area contributed by atoms with E-state index in [-0.39, 0.29) is 6.03 Å². The van der Waals surface area contributed by atoms with E-state index < -0.39 is 0 Å². The van der Waals surface area contributed by atoms with Crippen molar-refractivity contribution >= 4 is 6.03 Å². The Bertz CT molecular complexity index is 181. The third-order valence-electron chi connectivity index (χ3n) is 3.11. The standard InChI is InChI=1S/C9H16N2O/c1-10-9(12)11-5-7-2-3-8(4-7)6-11/h7-8H,2-6H2,1H3,(H,10,12). The van der Waals surface area contributed by atoms with E-state index in [1.807, 2.05) is 4.90 Å². The van der Waals surface area contributed by atoms with E-state index in [0.717, 1.165) is 24.9 Å². The number of likely N-dealkylation sites (tertiary alicyclic amines) is 1. The summed E-state index contributed by atoms with van der Waals surface area (Å²) in [4.78, 5) is 13.3. The second-order valence-electron chi connectivity index (χ2n) is 4.01. The van der Waals surface area contributed by atoms with Crippen molar-refractivity contribution in [2.24, 2.45) is 11.8 Å². The fourth-order valence-electron chi connectivity index (χ4n) is 2.53. The fraction of sp³-hybridized carbons (Fsp3) is 0.889. The van der Waals surface area contributed by atoms with Crippen LogP contribution in [0.2, 0.25) is 0 Å². The van der Waals surface area contributed by atoms with Gasteiger partial charge in [-0.2, -0.15) is 0 Å². The Morgan fingerprint density at radius 3 is 2.42 bits per heavy atom. The topological polar surface area (TPSA) is 32.3 Å². The molecule has 0 spiro atoms. The smallest absolute Gasteiger partial charge is 0.317 e. The third kappa shape index (κ3) is 1.28. The van der Waals surface area contributed by atoms with E-state index in [0.29, 0.717) is 0 Å². The second-order valence-corrected chi connectivity index (χ2v) is 4.01. The predicted molar refractivity (Wildman–Crippen MR) is 46.9 cm³/mol. The zero-order chi connectivity index (χ0) is 8.55. The van der Waals surface area contributed by atoms with Gasteiger partial charge in [0.25, 0.3) is 0 Å². The Labute approximate surface area is 73.1 Å². The number of piperidine rings is 1. The largest absolute Gasteiger partial charge is 0.341 e. The van der Waals surface area contributed by atoms with Gasteiger partial charge in [-0.25, -0.2) is 4.79 Å². The quantitative estimate of drug-likeness (QED) is 0.576. The zero-order valence-electron chi connectivity index (χ0n) is 7.55. The highest BCUT2D eigenvalue weighted by atomic mass is 16.2. The molecule has 2 atom stereocenters. The number of carbonyl (C=O) groups is 1. The van der Waals surface area contributed by atoms with E-state index >= 15 is 0 Å². The summed E-state index contributed by atoms with van der Waals surface area (Å²) in [7, 11) is 1.71. The van der Waals surface area contributed by atoms with Crippen LogP contribution in [0.5, 0.6) is 0 Å². The van der Waals surface area contributed by atoms with Crippen molar-refractivity contribution in [3.8, 4) is 0 Å². The maximum Gasteiger partial charge on any atom is 0.317 e. The summed E-state index contributed by atoms with van der Waals surface area (Å²) >= 11 is 0. The van der Waals surface area contributed by atoms with Crippen LogP contribution < -0.4 is 5.32 Å². The summed E-state index contributed by atoms with van der Waals surface area (Å²) < 4.78 is 0. The highest BCUT2D eigenvalue weighted by Crippen LogP contribution is 2.36. The number of urea groups is 1. The minimum absolute atomic E-state index is 0.103. The van der Waals surface area contributed by atoms with Gasteiger partial charge in [0, 0.05) is 20.1 Å². The Balaban J connectivity index is 1.98. The molecule has 12 heavy (non-hydrogen) atoms. The molecule has 0 aromatic carbocycles. The first-order valence-electron chi connectivity index (χ1n) is 4.76. The Morgan fingerprint density at radius 2 is 1.92 bits per heavy atom. The molecule has 2 rings (SSSR count). The predicted octanol–water partition coefficient (Wildman–Crippen LogP) is 1.06. The van der Waals surface area contributed by atoms with Gasteiger partial charge in [0.1, 0.15) is 0 Å². The molecule has 0 aromatic rings. The van der Waals surface area contributed by atoms with Gasteiger partial charge in [-0.3, -0.25) is 0 Å².